The third-order valence-corrected chi connectivity index (χ3v) is 3.47. The average molecular weight is 267 g/mol. The molecule has 0 radical (unpaired) electrons. The molecule has 7 nitrogen and oxygen atoms in total. The Bertz CT molecular complexity index is 458. The molecule has 104 valence electrons. The van der Waals surface area contributed by atoms with Gasteiger partial charge in [-0.05, 0) is 12.8 Å². The van der Waals surface area contributed by atoms with Crippen molar-refractivity contribution in [3.63, 3.8) is 0 Å². The Hall–Kier alpha value is -1.47. The normalized spacial score (nSPS) is 24.4. The van der Waals surface area contributed by atoms with Gasteiger partial charge in [0, 0.05) is 12.5 Å². The molecule has 0 bridgehead atoms. The topological polar surface area (TPSA) is 77.7 Å². The zero-order chi connectivity index (χ0) is 13.2. The molecule has 1 saturated heterocycles. The molecule has 1 atom stereocenters. The zero-order valence-corrected chi connectivity index (χ0v) is 10.9. The second-order valence-electron chi connectivity index (χ2n) is 4.91. The molecule has 0 N–H and O–H groups in total. The molecular weight excluding hydrogens is 250 g/mol. The van der Waals surface area contributed by atoms with Crippen LogP contribution in [0.25, 0.3) is 0 Å². The summed E-state index contributed by atoms with van der Waals surface area (Å²) in [5.74, 6) is 1.50. The van der Waals surface area contributed by atoms with Gasteiger partial charge in [0.15, 0.2) is 5.82 Å². The van der Waals surface area contributed by atoms with Gasteiger partial charge in [-0.2, -0.15) is 4.98 Å². The largest absolute Gasteiger partial charge is 0.468 e. The third-order valence-electron chi connectivity index (χ3n) is 3.47. The van der Waals surface area contributed by atoms with Gasteiger partial charge < -0.3 is 14.0 Å². The van der Waals surface area contributed by atoms with Crippen molar-refractivity contribution in [3.8, 4) is 0 Å². The fraction of sp³-hybridized carbons (Fsp3) is 0.750. The molecule has 0 aromatic carbocycles. The van der Waals surface area contributed by atoms with Gasteiger partial charge in [0.1, 0.15) is 6.04 Å². The number of methoxy groups -OCH3 is 1. The second-order valence-corrected chi connectivity index (χ2v) is 4.91. The number of rotatable bonds is 4. The molecule has 1 aliphatic heterocycles. The maximum absolute atomic E-state index is 11.7. The highest BCUT2D eigenvalue weighted by atomic mass is 16.5. The van der Waals surface area contributed by atoms with E-state index < -0.39 is 0 Å². The monoisotopic (exact) mass is 267 g/mol. The molecule has 1 aromatic rings. The van der Waals surface area contributed by atoms with Crippen LogP contribution in [-0.4, -0.2) is 53.9 Å². The minimum Gasteiger partial charge on any atom is -0.468 e. The summed E-state index contributed by atoms with van der Waals surface area (Å²) in [7, 11) is 1.38. The van der Waals surface area contributed by atoms with Gasteiger partial charge in [0.2, 0.25) is 5.89 Å². The maximum Gasteiger partial charge on any atom is 0.325 e. The van der Waals surface area contributed by atoms with E-state index in [0.717, 1.165) is 18.7 Å². The number of morpholine rings is 1. The van der Waals surface area contributed by atoms with E-state index in [4.69, 9.17) is 14.0 Å². The van der Waals surface area contributed by atoms with Gasteiger partial charge in [0.05, 0.1) is 26.9 Å². The predicted molar refractivity (Wildman–Crippen MR) is 63.3 cm³/mol. The van der Waals surface area contributed by atoms with Gasteiger partial charge in [-0.1, -0.05) is 5.16 Å². The molecule has 19 heavy (non-hydrogen) atoms. The van der Waals surface area contributed by atoms with Crippen molar-refractivity contribution in [1.29, 1.82) is 0 Å². The van der Waals surface area contributed by atoms with Crippen molar-refractivity contribution in [3.05, 3.63) is 11.7 Å². The van der Waals surface area contributed by atoms with Crippen LogP contribution in [0.4, 0.5) is 0 Å². The molecule has 2 fully saturated rings. The van der Waals surface area contributed by atoms with Crippen LogP contribution in [0.15, 0.2) is 4.52 Å². The molecule has 1 saturated carbocycles. The molecule has 1 unspecified atom stereocenters. The van der Waals surface area contributed by atoms with Gasteiger partial charge >= 0.3 is 5.97 Å². The van der Waals surface area contributed by atoms with Gasteiger partial charge in [-0.3, -0.25) is 9.69 Å². The number of nitrogens with zero attached hydrogens (tertiary/aromatic N) is 3. The van der Waals surface area contributed by atoms with E-state index in [9.17, 15) is 4.79 Å². The Morgan fingerprint density at radius 3 is 3.11 bits per heavy atom. The van der Waals surface area contributed by atoms with Crippen molar-refractivity contribution in [2.75, 3.05) is 26.9 Å². The summed E-state index contributed by atoms with van der Waals surface area (Å²) < 4.78 is 15.3. The highest BCUT2D eigenvalue weighted by molar-refractivity contribution is 5.75. The number of hydrogen-bond acceptors (Lipinski definition) is 7. The highest BCUT2D eigenvalue weighted by Crippen LogP contribution is 2.38. The summed E-state index contributed by atoms with van der Waals surface area (Å²) in [6.07, 6.45) is 2.26. The first-order valence-corrected chi connectivity index (χ1v) is 6.50. The lowest BCUT2D eigenvalue weighted by Gasteiger charge is -2.32. The van der Waals surface area contributed by atoms with E-state index in [1.807, 2.05) is 4.90 Å². The van der Waals surface area contributed by atoms with E-state index in [0.29, 0.717) is 38.0 Å². The van der Waals surface area contributed by atoms with Crippen LogP contribution in [0.1, 0.15) is 30.5 Å². The Kier molecular flexibility index (Phi) is 3.48. The van der Waals surface area contributed by atoms with E-state index in [1.54, 1.807) is 0 Å². The number of carbonyl (C=O) groups excluding carboxylic acids is 1. The zero-order valence-electron chi connectivity index (χ0n) is 10.9. The predicted octanol–water partition coefficient (Wildman–Crippen LogP) is 0.321. The quantitative estimate of drug-likeness (QED) is 0.727. The molecule has 7 heteroatoms. The summed E-state index contributed by atoms with van der Waals surface area (Å²) in [6.45, 7) is 2.09. The number of ether oxygens (including phenoxy) is 2. The van der Waals surface area contributed by atoms with Crippen LogP contribution >= 0.6 is 0 Å². The highest BCUT2D eigenvalue weighted by Gasteiger charge is 2.33. The average Bonchev–Trinajstić information content (AvgIpc) is 3.19. The van der Waals surface area contributed by atoms with E-state index in [1.165, 1.54) is 7.11 Å². The molecule has 2 heterocycles. The summed E-state index contributed by atoms with van der Waals surface area (Å²) in [5.41, 5.74) is 0. The maximum atomic E-state index is 11.7. The van der Waals surface area contributed by atoms with Crippen LogP contribution in [0.2, 0.25) is 0 Å². The minimum atomic E-state index is -0.387. The molecule has 2 aliphatic rings. The minimum absolute atomic E-state index is 0.286. The lowest BCUT2D eigenvalue weighted by atomic mass is 10.2. The first-order valence-electron chi connectivity index (χ1n) is 6.50. The Morgan fingerprint density at radius 2 is 2.37 bits per heavy atom. The van der Waals surface area contributed by atoms with Crippen LogP contribution < -0.4 is 0 Å². The number of hydrogen-bond donors (Lipinski definition) is 0. The van der Waals surface area contributed by atoms with Gasteiger partial charge in [-0.15, -0.1) is 0 Å². The van der Waals surface area contributed by atoms with Crippen molar-refractivity contribution in [2.45, 2.75) is 31.3 Å². The number of carbonyl (C=O) groups is 1. The lowest BCUT2D eigenvalue weighted by Crippen LogP contribution is -2.49. The van der Waals surface area contributed by atoms with Crippen LogP contribution in [0.5, 0.6) is 0 Å². The van der Waals surface area contributed by atoms with E-state index >= 15 is 0 Å². The first kappa shape index (κ1) is 12.6. The Labute approximate surface area is 110 Å². The SMILES string of the molecule is COC(=O)C1COCCN1Cc1noc(C2CC2)n1. The smallest absolute Gasteiger partial charge is 0.325 e. The molecule has 0 spiro atoms. The van der Waals surface area contributed by atoms with Crippen molar-refractivity contribution in [1.82, 2.24) is 15.0 Å². The fourth-order valence-corrected chi connectivity index (χ4v) is 2.19. The van der Waals surface area contributed by atoms with Crippen LogP contribution in [0.3, 0.4) is 0 Å². The second kappa shape index (κ2) is 5.26. The Balaban J connectivity index is 1.66. The Morgan fingerprint density at radius 1 is 1.53 bits per heavy atom. The summed E-state index contributed by atoms with van der Waals surface area (Å²) in [6, 6.07) is -0.387. The molecule has 1 aliphatic carbocycles. The standard InChI is InChI=1S/C12H17N3O4/c1-17-12(16)9-7-18-5-4-15(9)6-10-13-11(19-14-10)8-2-3-8/h8-9H,2-7H2,1H3. The summed E-state index contributed by atoms with van der Waals surface area (Å²) in [5, 5.41) is 3.97. The molecule has 1 aromatic heterocycles. The van der Waals surface area contributed by atoms with Gasteiger partial charge in [0.25, 0.3) is 0 Å². The number of esters is 1. The van der Waals surface area contributed by atoms with E-state index in [-0.39, 0.29) is 12.0 Å². The van der Waals surface area contributed by atoms with Crippen LogP contribution in [0, 0.1) is 0 Å². The van der Waals surface area contributed by atoms with Crippen molar-refractivity contribution >= 4 is 5.97 Å². The first-order chi connectivity index (χ1) is 9.28. The fourth-order valence-electron chi connectivity index (χ4n) is 2.19. The molecule has 3 rings (SSSR count). The number of aromatic nitrogens is 2. The van der Waals surface area contributed by atoms with Gasteiger partial charge in [-0.25, -0.2) is 0 Å². The van der Waals surface area contributed by atoms with Crippen molar-refractivity contribution in [2.24, 2.45) is 0 Å². The van der Waals surface area contributed by atoms with Crippen LogP contribution in [-0.2, 0) is 20.8 Å². The van der Waals surface area contributed by atoms with E-state index in [2.05, 4.69) is 10.1 Å². The lowest BCUT2D eigenvalue weighted by molar-refractivity contribution is -0.153. The summed E-state index contributed by atoms with van der Waals surface area (Å²) in [4.78, 5) is 18.0. The summed E-state index contributed by atoms with van der Waals surface area (Å²) >= 11 is 0. The molecule has 0 amide bonds. The van der Waals surface area contributed by atoms with Crippen molar-refractivity contribution < 1.29 is 18.8 Å². The molecular formula is C12H17N3O4. The third kappa shape index (κ3) is 2.76.